The zero-order valence-corrected chi connectivity index (χ0v) is 16.4. The molecule has 1 amide bonds. The number of carbonyl (C=O) groups excluding carboxylic acids is 3. The monoisotopic (exact) mass is 402 g/mol. The number of esters is 2. The molecule has 0 saturated carbocycles. The number of hydrogen-bond acceptors (Lipinski definition) is 7. The zero-order chi connectivity index (χ0) is 20.3. The van der Waals surface area contributed by atoms with E-state index in [9.17, 15) is 14.4 Å². The van der Waals surface area contributed by atoms with Crippen molar-refractivity contribution in [1.82, 2.24) is 14.3 Å². The predicted octanol–water partition coefficient (Wildman–Crippen LogP) is 1.53. The average Bonchev–Trinajstić information content (AvgIpc) is 3.24. The summed E-state index contributed by atoms with van der Waals surface area (Å²) in [7, 11) is 2.94. The van der Waals surface area contributed by atoms with Crippen LogP contribution in [0.3, 0.4) is 0 Å². The Morgan fingerprint density at radius 1 is 1.25 bits per heavy atom. The molecule has 2 heterocycles. The number of nitrogens with zero attached hydrogens (tertiary/aromatic N) is 4. The van der Waals surface area contributed by atoms with Crippen molar-refractivity contribution < 1.29 is 23.9 Å². The van der Waals surface area contributed by atoms with Crippen LogP contribution in [0.5, 0.6) is 0 Å². The number of hydrogen-bond donors (Lipinski definition) is 0. The number of methoxy groups -OCH3 is 1. The van der Waals surface area contributed by atoms with Crippen LogP contribution in [-0.4, -0.2) is 45.9 Å². The largest absolute Gasteiger partial charge is 0.465 e. The van der Waals surface area contributed by atoms with Crippen LogP contribution in [0.15, 0.2) is 35.5 Å². The summed E-state index contributed by atoms with van der Waals surface area (Å²) < 4.78 is 13.5. The maximum absolute atomic E-state index is 12.5. The van der Waals surface area contributed by atoms with Gasteiger partial charge in [0.15, 0.2) is 4.80 Å². The molecule has 1 aromatic carbocycles. The average molecular weight is 402 g/mol. The van der Waals surface area contributed by atoms with Gasteiger partial charge in [0.1, 0.15) is 12.2 Å². The Balaban J connectivity index is 2.14. The fraction of sp³-hybridized carbons (Fsp3) is 0.278. The van der Waals surface area contributed by atoms with Gasteiger partial charge in [-0.05, 0) is 31.2 Å². The van der Waals surface area contributed by atoms with Gasteiger partial charge in [-0.3, -0.25) is 14.3 Å². The maximum atomic E-state index is 12.5. The highest BCUT2D eigenvalue weighted by Gasteiger charge is 2.16. The first-order chi connectivity index (χ1) is 13.4. The second-order valence-electron chi connectivity index (χ2n) is 5.71. The molecule has 0 spiro atoms. The highest BCUT2D eigenvalue weighted by molar-refractivity contribution is 7.16. The highest BCUT2D eigenvalue weighted by Crippen LogP contribution is 2.20. The lowest BCUT2D eigenvalue weighted by molar-refractivity contribution is -0.143. The van der Waals surface area contributed by atoms with E-state index < -0.39 is 17.8 Å². The van der Waals surface area contributed by atoms with Crippen molar-refractivity contribution >= 4 is 39.4 Å². The third kappa shape index (κ3) is 3.86. The van der Waals surface area contributed by atoms with E-state index in [1.807, 2.05) is 0 Å². The molecule has 0 fully saturated rings. The van der Waals surface area contributed by atoms with Crippen molar-refractivity contribution in [2.24, 2.45) is 12.0 Å². The van der Waals surface area contributed by atoms with E-state index in [0.29, 0.717) is 26.3 Å². The molecule has 0 saturated heterocycles. The van der Waals surface area contributed by atoms with Crippen LogP contribution in [0.2, 0.25) is 0 Å². The zero-order valence-electron chi connectivity index (χ0n) is 15.5. The maximum Gasteiger partial charge on any atom is 0.337 e. The molecular formula is C18H18N4O5S. The summed E-state index contributed by atoms with van der Waals surface area (Å²) in [5, 5.41) is 3.96. The molecular weight excluding hydrogens is 384 g/mol. The number of aromatic nitrogens is 3. The number of fused-ring (bicyclic) bond motifs is 1. The summed E-state index contributed by atoms with van der Waals surface area (Å²) in [6.45, 7) is 1.85. The van der Waals surface area contributed by atoms with Crippen LogP contribution in [-0.2, 0) is 27.9 Å². The van der Waals surface area contributed by atoms with Gasteiger partial charge in [-0.2, -0.15) is 10.1 Å². The molecule has 0 aliphatic rings. The van der Waals surface area contributed by atoms with Gasteiger partial charge >= 0.3 is 11.9 Å². The lowest BCUT2D eigenvalue weighted by atomic mass is 10.2. The van der Waals surface area contributed by atoms with Crippen molar-refractivity contribution in [3.63, 3.8) is 0 Å². The summed E-state index contributed by atoms with van der Waals surface area (Å²) >= 11 is 1.19. The van der Waals surface area contributed by atoms with E-state index >= 15 is 0 Å². The van der Waals surface area contributed by atoms with Crippen LogP contribution in [0, 0.1) is 0 Å². The number of amides is 1. The SMILES string of the molecule is CCOC(=O)Cn1c(=NC(=O)c2ccnn2C)sc2cc(C(=O)OC)ccc21. The molecule has 28 heavy (non-hydrogen) atoms. The lowest BCUT2D eigenvalue weighted by Gasteiger charge is -2.05. The molecule has 10 heteroatoms. The smallest absolute Gasteiger partial charge is 0.337 e. The van der Waals surface area contributed by atoms with Crippen LogP contribution in [0.25, 0.3) is 10.2 Å². The summed E-state index contributed by atoms with van der Waals surface area (Å²) in [6, 6.07) is 6.48. The topological polar surface area (TPSA) is 105 Å². The molecule has 9 nitrogen and oxygen atoms in total. The Kier molecular flexibility index (Phi) is 5.69. The minimum atomic E-state index is -0.489. The number of ether oxygens (including phenoxy) is 2. The Bertz CT molecular complexity index is 1120. The van der Waals surface area contributed by atoms with Gasteiger partial charge in [0, 0.05) is 13.2 Å². The summed E-state index contributed by atoms with van der Waals surface area (Å²) in [5.41, 5.74) is 1.33. The van der Waals surface area contributed by atoms with E-state index in [1.54, 1.807) is 42.8 Å². The minimum absolute atomic E-state index is 0.108. The molecule has 3 rings (SSSR count). The first kappa shape index (κ1) is 19.5. The van der Waals surface area contributed by atoms with Crippen molar-refractivity contribution in [1.29, 1.82) is 0 Å². The van der Waals surface area contributed by atoms with Crippen molar-refractivity contribution in [3.05, 3.63) is 46.5 Å². The first-order valence-corrected chi connectivity index (χ1v) is 9.20. The Morgan fingerprint density at radius 3 is 2.68 bits per heavy atom. The second-order valence-corrected chi connectivity index (χ2v) is 6.72. The normalized spacial score (nSPS) is 11.6. The summed E-state index contributed by atoms with van der Waals surface area (Å²) in [4.78, 5) is 40.9. The summed E-state index contributed by atoms with van der Waals surface area (Å²) in [6.07, 6.45) is 1.50. The van der Waals surface area contributed by atoms with E-state index in [1.165, 1.54) is 29.3 Å². The van der Waals surface area contributed by atoms with Crippen molar-refractivity contribution in [2.75, 3.05) is 13.7 Å². The van der Waals surface area contributed by atoms with Gasteiger partial charge in [-0.1, -0.05) is 11.3 Å². The van der Waals surface area contributed by atoms with E-state index in [0.717, 1.165) is 0 Å². The van der Waals surface area contributed by atoms with Crippen molar-refractivity contribution in [3.8, 4) is 0 Å². The van der Waals surface area contributed by atoms with Gasteiger partial charge in [-0.15, -0.1) is 0 Å². The number of benzene rings is 1. The number of rotatable bonds is 5. The molecule has 0 atom stereocenters. The Labute approximate surface area is 163 Å². The number of carbonyl (C=O) groups is 3. The molecule has 0 N–H and O–H groups in total. The molecule has 0 aliphatic heterocycles. The second kappa shape index (κ2) is 8.17. The predicted molar refractivity (Wildman–Crippen MR) is 101 cm³/mol. The Morgan fingerprint density at radius 2 is 2.04 bits per heavy atom. The van der Waals surface area contributed by atoms with Crippen LogP contribution in [0.4, 0.5) is 0 Å². The molecule has 146 valence electrons. The van der Waals surface area contributed by atoms with Gasteiger partial charge in [-0.25, -0.2) is 4.79 Å². The molecule has 0 unspecified atom stereocenters. The van der Waals surface area contributed by atoms with E-state index in [4.69, 9.17) is 9.47 Å². The lowest BCUT2D eigenvalue weighted by Crippen LogP contribution is -2.23. The molecule has 0 aliphatic carbocycles. The van der Waals surface area contributed by atoms with E-state index in [-0.39, 0.29) is 13.2 Å². The molecule has 0 bridgehead atoms. The van der Waals surface area contributed by atoms with Gasteiger partial charge in [0.05, 0.1) is 29.5 Å². The first-order valence-electron chi connectivity index (χ1n) is 8.39. The third-order valence-corrected chi connectivity index (χ3v) is 4.97. The summed E-state index contributed by atoms with van der Waals surface area (Å²) in [5.74, 6) is -1.41. The minimum Gasteiger partial charge on any atom is -0.465 e. The van der Waals surface area contributed by atoms with Gasteiger partial charge in [0.2, 0.25) is 0 Å². The number of aryl methyl sites for hydroxylation is 1. The van der Waals surface area contributed by atoms with E-state index in [2.05, 4.69) is 10.1 Å². The van der Waals surface area contributed by atoms with Gasteiger partial charge < -0.3 is 14.0 Å². The van der Waals surface area contributed by atoms with Crippen molar-refractivity contribution in [2.45, 2.75) is 13.5 Å². The number of thiazole rings is 1. The fourth-order valence-electron chi connectivity index (χ4n) is 2.62. The molecule has 0 radical (unpaired) electrons. The standard InChI is InChI=1S/C18H18N4O5S/c1-4-27-15(23)10-22-12-6-5-11(17(25)26-3)9-14(12)28-18(22)20-16(24)13-7-8-19-21(13)2/h5-9H,4,10H2,1-3H3. The van der Waals surface area contributed by atoms with Crippen LogP contribution < -0.4 is 4.80 Å². The molecule has 2 aromatic heterocycles. The Hall–Kier alpha value is -3.27. The van der Waals surface area contributed by atoms with Gasteiger partial charge in [0.25, 0.3) is 5.91 Å². The van der Waals surface area contributed by atoms with Crippen LogP contribution >= 0.6 is 11.3 Å². The fourth-order valence-corrected chi connectivity index (χ4v) is 3.69. The highest BCUT2D eigenvalue weighted by atomic mass is 32.1. The molecule has 3 aromatic rings. The van der Waals surface area contributed by atoms with Crippen LogP contribution in [0.1, 0.15) is 27.8 Å². The quantitative estimate of drug-likeness (QED) is 0.600. The third-order valence-electron chi connectivity index (χ3n) is 3.93.